The van der Waals surface area contributed by atoms with Gasteiger partial charge in [-0.2, -0.15) is 0 Å². The minimum absolute atomic E-state index is 0.0573. The molecular formula is C26H23BrN4S. The van der Waals surface area contributed by atoms with Gasteiger partial charge in [0.15, 0.2) is 5.11 Å². The maximum atomic E-state index is 5.88. The second-order valence-corrected chi connectivity index (χ2v) is 9.35. The van der Waals surface area contributed by atoms with Crippen LogP contribution in [-0.2, 0) is 0 Å². The lowest BCUT2D eigenvalue weighted by molar-refractivity contribution is 0.549. The highest BCUT2D eigenvalue weighted by atomic mass is 79.9. The standard InChI is InChI=1S/C26H23BrN4S/c1-17-8-11-21(16-18(17)2)31-25(24(29-26(31)32)22-6-3-4-14-28-22)23-7-5-15-30(23)20-12-9-19(27)10-13-20/h3-16,24-25H,1-2H3,(H,29,32)/t24-,25+/m1/s1. The summed E-state index contributed by atoms with van der Waals surface area (Å²) in [6.45, 7) is 4.27. The topological polar surface area (TPSA) is 33.1 Å². The van der Waals surface area contributed by atoms with Crippen molar-refractivity contribution in [2.45, 2.75) is 25.9 Å². The van der Waals surface area contributed by atoms with Crippen molar-refractivity contribution >= 4 is 38.9 Å². The Balaban J connectivity index is 1.67. The van der Waals surface area contributed by atoms with Crippen molar-refractivity contribution in [3.63, 3.8) is 0 Å². The third-order valence-electron chi connectivity index (χ3n) is 6.05. The highest BCUT2D eigenvalue weighted by molar-refractivity contribution is 9.10. The van der Waals surface area contributed by atoms with E-state index in [1.165, 1.54) is 11.1 Å². The fourth-order valence-corrected chi connectivity index (χ4v) is 4.89. The van der Waals surface area contributed by atoms with E-state index in [1.54, 1.807) is 0 Å². The second kappa shape index (κ2) is 8.52. The highest BCUT2D eigenvalue weighted by Gasteiger charge is 2.42. The van der Waals surface area contributed by atoms with Gasteiger partial charge in [0.25, 0.3) is 0 Å². The van der Waals surface area contributed by atoms with Gasteiger partial charge in [0.05, 0.1) is 11.7 Å². The minimum Gasteiger partial charge on any atom is -0.351 e. The Labute approximate surface area is 202 Å². The lowest BCUT2D eigenvalue weighted by Gasteiger charge is -2.29. The zero-order valence-electron chi connectivity index (χ0n) is 17.9. The summed E-state index contributed by atoms with van der Waals surface area (Å²) >= 11 is 9.42. The molecule has 2 atom stereocenters. The molecule has 1 aliphatic heterocycles. The molecule has 1 saturated heterocycles. The van der Waals surface area contributed by atoms with Crippen molar-refractivity contribution in [3.8, 4) is 5.69 Å². The van der Waals surface area contributed by atoms with Crippen molar-refractivity contribution in [1.29, 1.82) is 0 Å². The summed E-state index contributed by atoms with van der Waals surface area (Å²) in [6.07, 6.45) is 3.94. The average molecular weight is 503 g/mol. The summed E-state index contributed by atoms with van der Waals surface area (Å²) in [5.74, 6) is 0. The van der Waals surface area contributed by atoms with Crippen LogP contribution >= 0.6 is 28.1 Å². The van der Waals surface area contributed by atoms with Crippen molar-refractivity contribution in [1.82, 2.24) is 14.9 Å². The molecule has 2 aromatic carbocycles. The maximum absolute atomic E-state index is 5.88. The summed E-state index contributed by atoms with van der Waals surface area (Å²) in [4.78, 5) is 6.89. The third-order valence-corrected chi connectivity index (χ3v) is 6.90. The summed E-state index contributed by atoms with van der Waals surface area (Å²) in [7, 11) is 0. The Morgan fingerprint density at radius 3 is 2.41 bits per heavy atom. The van der Waals surface area contributed by atoms with Crippen molar-refractivity contribution in [2.24, 2.45) is 0 Å². The molecule has 0 unspecified atom stereocenters. The van der Waals surface area contributed by atoms with E-state index in [0.717, 1.165) is 27.2 Å². The number of hydrogen-bond donors (Lipinski definition) is 1. The number of benzene rings is 2. The van der Waals surface area contributed by atoms with Gasteiger partial charge < -0.3 is 14.8 Å². The number of rotatable bonds is 4. The van der Waals surface area contributed by atoms with Gasteiger partial charge in [-0.1, -0.05) is 28.1 Å². The van der Waals surface area contributed by atoms with Gasteiger partial charge in [0, 0.05) is 33.9 Å². The molecule has 0 saturated carbocycles. The molecule has 2 aromatic heterocycles. The van der Waals surface area contributed by atoms with E-state index in [4.69, 9.17) is 12.2 Å². The Bertz CT molecular complexity index is 1270. The number of thiocarbonyl (C=S) groups is 1. The van der Waals surface area contributed by atoms with Gasteiger partial charge in [-0.15, -0.1) is 0 Å². The summed E-state index contributed by atoms with van der Waals surface area (Å²) in [5.41, 5.74) is 6.81. The van der Waals surface area contributed by atoms with E-state index in [2.05, 4.69) is 116 Å². The monoisotopic (exact) mass is 502 g/mol. The van der Waals surface area contributed by atoms with Gasteiger partial charge >= 0.3 is 0 Å². The number of anilines is 1. The average Bonchev–Trinajstić information content (AvgIpc) is 3.41. The summed E-state index contributed by atoms with van der Waals surface area (Å²) in [5, 5.41) is 4.26. The van der Waals surface area contributed by atoms with Crippen molar-refractivity contribution in [2.75, 3.05) is 4.90 Å². The van der Waals surface area contributed by atoms with E-state index >= 15 is 0 Å². The van der Waals surface area contributed by atoms with Crippen LogP contribution in [-0.4, -0.2) is 14.7 Å². The first kappa shape index (κ1) is 20.9. The highest BCUT2D eigenvalue weighted by Crippen LogP contribution is 2.42. The lowest BCUT2D eigenvalue weighted by Crippen LogP contribution is -2.30. The molecule has 0 spiro atoms. The molecular weight excluding hydrogens is 480 g/mol. The van der Waals surface area contributed by atoms with Gasteiger partial charge in [-0.3, -0.25) is 4.98 Å². The van der Waals surface area contributed by atoms with E-state index < -0.39 is 0 Å². The quantitative estimate of drug-likeness (QED) is 0.326. The number of halogens is 1. The zero-order valence-corrected chi connectivity index (χ0v) is 20.3. The number of hydrogen-bond acceptors (Lipinski definition) is 2. The normalized spacial score (nSPS) is 18.1. The van der Waals surface area contributed by atoms with Crippen LogP contribution in [0.2, 0.25) is 0 Å². The molecule has 0 amide bonds. The molecule has 3 heterocycles. The van der Waals surface area contributed by atoms with Crippen molar-refractivity contribution in [3.05, 3.63) is 112 Å². The van der Waals surface area contributed by atoms with Gasteiger partial charge in [0.2, 0.25) is 0 Å². The molecule has 6 heteroatoms. The molecule has 160 valence electrons. The van der Waals surface area contributed by atoms with E-state index in [9.17, 15) is 0 Å². The number of aromatic nitrogens is 2. The SMILES string of the molecule is Cc1ccc(N2C(=S)N[C@H](c3ccccn3)[C@@H]2c2cccn2-c2ccc(Br)cc2)cc1C. The third kappa shape index (κ3) is 3.74. The fraction of sp³-hybridized carbons (Fsp3) is 0.154. The van der Waals surface area contributed by atoms with Gasteiger partial charge in [0.1, 0.15) is 6.04 Å². The molecule has 4 nitrogen and oxygen atoms in total. The predicted molar refractivity (Wildman–Crippen MR) is 137 cm³/mol. The van der Waals surface area contributed by atoms with Crippen LogP contribution in [0.3, 0.4) is 0 Å². The summed E-state index contributed by atoms with van der Waals surface area (Å²) in [6, 6.07) is 25.0. The second-order valence-electron chi connectivity index (χ2n) is 8.04. The Hall–Kier alpha value is -2.96. The Morgan fingerprint density at radius 1 is 0.906 bits per heavy atom. The first-order valence-corrected chi connectivity index (χ1v) is 11.7. The molecule has 1 aliphatic rings. The van der Waals surface area contributed by atoms with Crippen LogP contribution in [0.5, 0.6) is 0 Å². The largest absolute Gasteiger partial charge is 0.351 e. The summed E-state index contributed by atoms with van der Waals surface area (Å²) < 4.78 is 3.29. The first-order chi connectivity index (χ1) is 15.5. The van der Waals surface area contributed by atoms with Crippen LogP contribution in [0.4, 0.5) is 5.69 Å². The van der Waals surface area contributed by atoms with E-state index in [0.29, 0.717) is 5.11 Å². The van der Waals surface area contributed by atoms with Crippen LogP contribution in [0.1, 0.15) is 34.6 Å². The molecule has 1 fully saturated rings. The van der Waals surface area contributed by atoms with Crippen molar-refractivity contribution < 1.29 is 0 Å². The fourth-order valence-electron chi connectivity index (χ4n) is 4.28. The molecule has 0 bridgehead atoms. The van der Waals surface area contributed by atoms with E-state index in [-0.39, 0.29) is 12.1 Å². The lowest BCUT2D eigenvalue weighted by atomic mass is 10.00. The Morgan fingerprint density at radius 2 is 1.69 bits per heavy atom. The smallest absolute Gasteiger partial charge is 0.174 e. The molecule has 5 rings (SSSR count). The van der Waals surface area contributed by atoms with Gasteiger partial charge in [-0.05, 0) is 97.9 Å². The first-order valence-electron chi connectivity index (χ1n) is 10.5. The van der Waals surface area contributed by atoms with Crippen LogP contribution < -0.4 is 10.2 Å². The van der Waals surface area contributed by atoms with Gasteiger partial charge in [-0.25, -0.2) is 0 Å². The maximum Gasteiger partial charge on any atom is 0.174 e. The molecule has 0 aliphatic carbocycles. The van der Waals surface area contributed by atoms with Crippen LogP contribution in [0.25, 0.3) is 5.69 Å². The van der Waals surface area contributed by atoms with Crippen LogP contribution in [0.15, 0.2) is 89.7 Å². The molecule has 0 radical (unpaired) electrons. The zero-order chi connectivity index (χ0) is 22.2. The molecule has 32 heavy (non-hydrogen) atoms. The number of nitrogens with one attached hydrogen (secondary N) is 1. The molecule has 4 aromatic rings. The predicted octanol–water partition coefficient (Wildman–Crippen LogP) is 6.43. The van der Waals surface area contributed by atoms with Crippen LogP contribution in [0, 0.1) is 13.8 Å². The van der Waals surface area contributed by atoms with E-state index in [1.807, 2.05) is 18.3 Å². The molecule has 1 N–H and O–H groups in total. The number of nitrogens with zero attached hydrogens (tertiary/aromatic N) is 3. The minimum atomic E-state index is -0.0746. The Kier molecular flexibility index (Phi) is 5.57. The number of pyridine rings is 1. The number of aryl methyl sites for hydroxylation is 2.